The smallest absolute Gasteiger partial charge is 0.506 e. The van der Waals surface area contributed by atoms with E-state index in [4.69, 9.17) is 5.10 Å². The van der Waals surface area contributed by atoms with Crippen LogP contribution in [0.1, 0.15) is 56.4 Å². The summed E-state index contributed by atoms with van der Waals surface area (Å²) in [6.07, 6.45) is 0. The third kappa shape index (κ3) is 6.01. The predicted molar refractivity (Wildman–Crippen MR) is 189 cm³/mol. The summed E-state index contributed by atoms with van der Waals surface area (Å²) >= 11 is 0. The van der Waals surface area contributed by atoms with E-state index in [-0.39, 0.29) is 26.8 Å². The predicted octanol–water partition coefficient (Wildman–Crippen LogP) is 10.7. The maximum Gasteiger partial charge on any atom is 2.00 e. The molecule has 0 saturated carbocycles. The van der Waals surface area contributed by atoms with E-state index < -0.39 is 0 Å². The average molecular weight is 798 g/mol. The fourth-order valence-electron chi connectivity index (χ4n) is 6.36. The Morgan fingerprint density at radius 2 is 1.26 bits per heavy atom. The first-order valence-corrected chi connectivity index (χ1v) is 15.9. The van der Waals surface area contributed by atoms with Gasteiger partial charge in [-0.3, -0.25) is 0 Å². The molecule has 1 aliphatic rings. The van der Waals surface area contributed by atoms with Gasteiger partial charge in [-0.05, 0) is 77.4 Å². The number of fused-ring (bicyclic) bond motifs is 1. The maximum atomic E-state index is 10.5. The standard InChI is InChI=1S/C41H38N4O.Pt/c1-27(2)34-24-32(30-14-7-6-8-15-30)25-35(28(3)4)41(34)44-26-43(37-18-9-10-19-38(37)44)33-17-13-16-31(23-33)36-22-29(5)45(42-36)39-20-11-12-21-40(39)46;/h6-22,24-28,46H,1-5H3;/q-2;+2. The van der Waals surface area contributed by atoms with Crippen LogP contribution in [-0.4, -0.2) is 14.9 Å². The van der Waals surface area contributed by atoms with Crippen LogP contribution in [0.25, 0.3) is 28.1 Å². The minimum atomic E-state index is 0. The molecule has 1 aliphatic heterocycles. The van der Waals surface area contributed by atoms with Gasteiger partial charge in [-0.2, -0.15) is 0 Å². The molecule has 0 unspecified atom stereocenters. The number of hydrogen-bond acceptors (Lipinski definition) is 4. The number of aryl methyl sites for hydroxylation is 1. The second kappa shape index (κ2) is 13.3. The summed E-state index contributed by atoms with van der Waals surface area (Å²) < 4.78 is 1.78. The van der Waals surface area contributed by atoms with Crippen LogP contribution in [0.3, 0.4) is 0 Å². The van der Waals surface area contributed by atoms with Gasteiger partial charge in [0.05, 0.1) is 0 Å². The number of phenolic OH excluding ortho intramolecular Hbond substituents is 1. The van der Waals surface area contributed by atoms with Gasteiger partial charge < -0.3 is 14.9 Å². The first-order valence-electron chi connectivity index (χ1n) is 15.9. The zero-order chi connectivity index (χ0) is 31.9. The van der Waals surface area contributed by atoms with E-state index in [2.05, 4.69) is 129 Å². The van der Waals surface area contributed by atoms with Crippen molar-refractivity contribution >= 4 is 22.7 Å². The second-order valence-corrected chi connectivity index (χ2v) is 12.5. The molecule has 2 heterocycles. The average Bonchev–Trinajstić information content (AvgIpc) is 3.65. The molecule has 0 bridgehead atoms. The van der Waals surface area contributed by atoms with Gasteiger partial charge in [-0.15, -0.1) is 36.5 Å². The van der Waals surface area contributed by atoms with Crippen LogP contribution >= 0.6 is 0 Å². The van der Waals surface area contributed by atoms with Gasteiger partial charge in [-0.1, -0.05) is 94.0 Å². The van der Waals surface area contributed by atoms with Crippen LogP contribution in [0.2, 0.25) is 0 Å². The fourth-order valence-corrected chi connectivity index (χ4v) is 6.36. The maximum absolute atomic E-state index is 10.5. The zero-order valence-electron chi connectivity index (χ0n) is 27.3. The summed E-state index contributed by atoms with van der Waals surface area (Å²) in [6.45, 7) is 13.3. The quantitative estimate of drug-likeness (QED) is 0.163. The minimum Gasteiger partial charge on any atom is -0.506 e. The van der Waals surface area contributed by atoms with Crippen molar-refractivity contribution in [1.82, 2.24) is 9.78 Å². The molecule has 6 heteroatoms. The molecule has 0 spiro atoms. The first kappa shape index (κ1) is 32.3. The van der Waals surface area contributed by atoms with Crippen molar-refractivity contribution in [2.45, 2.75) is 46.5 Å². The summed E-state index contributed by atoms with van der Waals surface area (Å²) in [7, 11) is 0. The van der Waals surface area contributed by atoms with Gasteiger partial charge in [0.15, 0.2) is 0 Å². The van der Waals surface area contributed by atoms with Crippen molar-refractivity contribution < 1.29 is 26.2 Å². The van der Waals surface area contributed by atoms with E-state index in [1.54, 1.807) is 10.7 Å². The molecule has 0 saturated heterocycles. The van der Waals surface area contributed by atoms with Gasteiger partial charge in [0, 0.05) is 28.5 Å². The molecular weight excluding hydrogens is 760 g/mol. The number of hydrogen-bond donors (Lipinski definition) is 1. The summed E-state index contributed by atoms with van der Waals surface area (Å²) in [4.78, 5) is 4.59. The second-order valence-electron chi connectivity index (χ2n) is 12.5. The van der Waals surface area contributed by atoms with Crippen molar-refractivity contribution in [1.29, 1.82) is 0 Å². The number of rotatable bonds is 7. The van der Waals surface area contributed by atoms with E-state index in [9.17, 15) is 5.11 Å². The van der Waals surface area contributed by atoms with Gasteiger partial charge in [0.25, 0.3) is 0 Å². The van der Waals surface area contributed by atoms with E-state index in [1.807, 2.05) is 37.3 Å². The molecule has 5 aromatic carbocycles. The number of benzene rings is 5. The minimum absolute atomic E-state index is 0. The molecule has 6 aromatic rings. The topological polar surface area (TPSA) is 44.5 Å². The summed E-state index contributed by atoms with van der Waals surface area (Å²) in [5.41, 5.74) is 12.8. The Labute approximate surface area is 292 Å². The molecule has 0 radical (unpaired) electrons. The first-order chi connectivity index (χ1) is 22.3. The van der Waals surface area contributed by atoms with Crippen LogP contribution in [-0.2, 0) is 21.1 Å². The molecule has 47 heavy (non-hydrogen) atoms. The van der Waals surface area contributed by atoms with Gasteiger partial charge in [0.2, 0.25) is 0 Å². The van der Waals surface area contributed by atoms with Gasteiger partial charge >= 0.3 is 21.1 Å². The number of nitrogens with zero attached hydrogens (tertiary/aromatic N) is 4. The molecular formula is C41H38N4OPt. The molecule has 0 fully saturated rings. The Morgan fingerprint density at radius 1 is 0.660 bits per heavy atom. The number of para-hydroxylation sites is 4. The molecule has 0 aliphatic carbocycles. The number of anilines is 4. The normalized spacial score (nSPS) is 12.5. The third-order valence-electron chi connectivity index (χ3n) is 8.71. The van der Waals surface area contributed by atoms with E-state index in [1.165, 1.54) is 27.9 Å². The molecule has 5 nitrogen and oxygen atoms in total. The SMILES string of the molecule is Cc1cc(-c2[c-]c(N3[CH-]N(c4c(C(C)C)cc(-c5ccccc5)cc4C(C)C)c4ccccc43)ccc2)nn1-c1ccccc1O.[Pt+2]. The van der Waals surface area contributed by atoms with Crippen LogP contribution in [0.5, 0.6) is 5.75 Å². The Kier molecular flexibility index (Phi) is 9.12. The Hall–Kier alpha value is -4.60. The van der Waals surface area contributed by atoms with Crippen molar-refractivity contribution in [3.8, 4) is 33.8 Å². The third-order valence-corrected chi connectivity index (χ3v) is 8.71. The van der Waals surface area contributed by atoms with Crippen molar-refractivity contribution in [3.05, 3.63) is 145 Å². The van der Waals surface area contributed by atoms with Crippen LogP contribution in [0.15, 0.2) is 115 Å². The van der Waals surface area contributed by atoms with Crippen LogP contribution < -0.4 is 9.80 Å². The molecule has 1 aromatic heterocycles. The number of phenols is 1. The number of aromatic nitrogens is 2. The van der Waals surface area contributed by atoms with Crippen LogP contribution in [0.4, 0.5) is 22.7 Å². The Balaban J connectivity index is 0.00000386. The largest absolute Gasteiger partial charge is 2.00 e. The van der Waals surface area contributed by atoms with Crippen molar-refractivity contribution in [2.75, 3.05) is 9.80 Å². The molecule has 238 valence electrons. The van der Waals surface area contributed by atoms with Crippen molar-refractivity contribution in [3.63, 3.8) is 0 Å². The van der Waals surface area contributed by atoms with Crippen LogP contribution in [0, 0.1) is 19.7 Å². The Morgan fingerprint density at radius 3 is 1.89 bits per heavy atom. The van der Waals surface area contributed by atoms with Crippen molar-refractivity contribution in [2.24, 2.45) is 0 Å². The van der Waals surface area contributed by atoms with E-state index in [0.717, 1.165) is 34.0 Å². The fraction of sp³-hybridized carbons (Fsp3) is 0.171. The molecule has 1 N–H and O–H groups in total. The molecule has 7 rings (SSSR count). The summed E-state index contributed by atoms with van der Waals surface area (Å²) in [5, 5.41) is 15.3. The summed E-state index contributed by atoms with van der Waals surface area (Å²) in [6, 6.07) is 43.1. The Bertz CT molecular complexity index is 2000. The van der Waals surface area contributed by atoms with Gasteiger partial charge in [0.1, 0.15) is 11.4 Å². The van der Waals surface area contributed by atoms with E-state index in [0.29, 0.717) is 17.5 Å². The zero-order valence-corrected chi connectivity index (χ0v) is 29.5. The molecule has 0 atom stereocenters. The monoisotopic (exact) mass is 797 g/mol. The molecule has 0 amide bonds. The van der Waals surface area contributed by atoms with E-state index >= 15 is 0 Å². The number of aromatic hydroxyl groups is 1. The van der Waals surface area contributed by atoms with Gasteiger partial charge in [-0.25, -0.2) is 9.78 Å². The summed E-state index contributed by atoms with van der Waals surface area (Å²) in [5.74, 6) is 0.839.